The number of guanidine groups is 1. The standard InChI is InChI=1S/C11H20N4O.HI/c1-3-5-7-13-11(12-4-2)14-9-10-6-8-16-15-10;/h6,8H,3-5,7,9H2,1-2H3,(H2,12,13,14);1H. The van der Waals surface area contributed by atoms with Gasteiger partial charge in [0.05, 0.1) is 6.54 Å². The lowest BCUT2D eigenvalue weighted by Crippen LogP contribution is -2.37. The van der Waals surface area contributed by atoms with E-state index in [1.54, 1.807) is 6.26 Å². The van der Waals surface area contributed by atoms with Gasteiger partial charge >= 0.3 is 0 Å². The van der Waals surface area contributed by atoms with Gasteiger partial charge < -0.3 is 15.2 Å². The van der Waals surface area contributed by atoms with E-state index in [0.29, 0.717) is 6.54 Å². The lowest BCUT2D eigenvalue weighted by Gasteiger charge is -2.09. The number of rotatable bonds is 6. The maximum absolute atomic E-state index is 4.75. The Labute approximate surface area is 119 Å². The summed E-state index contributed by atoms with van der Waals surface area (Å²) in [4.78, 5) is 4.40. The number of unbranched alkanes of at least 4 members (excludes halogenated alkanes) is 1. The van der Waals surface area contributed by atoms with Crippen LogP contribution in [0.2, 0.25) is 0 Å². The van der Waals surface area contributed by atoms with E-state index in [1.165, 1.54) is 6.42 Å². The second-order valence-corrected chi connectivity index (χ2v) is 3.47. The number of nitrogens with one attached hydrogen (secondary N) is 2. The Morgan fingerprint density at radius 3 is 2.82 bits per heavy atom. The van der Waals surface area contributed by atoms with Gasteiger partial charge in [-0.3, -0.25) is 0 Å². The number of hydrogen-bond donors (Lipinski definition) is 2. The third-order valence-electron chi connectivity index (χ3n) is 2.06. The van der Waals surface area contributed by atoms with Gasteiger partial charge in [0.25, 0.3) is 0 Å². The minimum atomic E-state index is 0. The summed E-state index contributed by atoms with van der Waals surface area (Å²) in [7, 11) is 0. The molecule has 0 unspecified atom stereocenters. The van der Waals surface area contributed by atoms with Gasteiger partial charge in [0, 0.05) is 19.2 Å². The van der Waals surface area contributed by atoms with Crippen LogP contribution in [0.5, 0.6) is 0 Å². The van der Waals surface area contributed by atoms with Crippen molar-refractivity contribution in [1.29, 1.82) is 0 Å². The van der Waals surface area contributed by atoms with E-state index in [-0.39, 0.29) is 24.0 Å². The fourth-order valence-corrected chi connectivity index (χ4v) is 1.20. The van der Waals surface area contributed by atoms with E-state index in [4.69, 9.17) is 4.52 Å². The Kier molecular flexibility index (Phi) is 9.89. The quantitative estimate of drug-likeness (QED) is 0.356. The van der Waals surface area contributed by atoms with Crippen LogP contribution >= 0.6 is 24.0 Å². The van der Waals surface area contributed by atoms with Crippen molar-refractivity contribution in [3.05, 3.63) is 18.0 Å². The van der Waals surface area contributed by atoms with Crippen LogP contribution in [0, 0.1) is 0 Å². The Bertz CT molecular complexity index is 300. The van der Waals surface area contributed by atoms with Gasteiger partial charge in [-0.15, -0.1) is 24.0 Å². The zero-order valence-corrected chi connectivity index (χ0v) is 12.7. The van der Waals surface area contributed by atoms with Crippen LogP contribution in [0.1, 0.15) is 32.4 Å². The van der Waals surface area contributed by atoms with Crippen molar-refractivity contribution in [2.24, 2.45) is 4.99 Å². The highest BCUT2D eigenvalue weighted by Gasteiger charge is 1.98. The third kappa shape index (κ3) is 7.19. The first-order valence-corrected chi connectivity index (χ1v) is 5.78. The lowest BCUT2D eigenvalue weighted by molar-refractivity contribution is 0.412. The fourth-order valence-electron chi connectivity index (χ4n) is 1.20. The Hall–Kier alpha value is -0.790. The smallest absolute Gasteiger partial charge is 0.191 e. The van der Waals surface area contributed by atoms with E-state index < -0.39 is 0 Å². The molecule has 0 amide bonds. The highest BCUT2D eigenvalue weighted by molar-refractivity contribution is 14.0. The predicted molar refractivity (Wildman–Crippen MR) is 79.6 cm³/mol. The average Bonchev–Trinajstić information content (AvgIpc) is 2.79. The van der Waals surface area contributed by atoms with Crippen LogP contribution in [0.25, 0.3) is 0 Å². The summed E-state index contributed by atoms with van der Waals surface area (Å²) in [6.45, 7) is 6.56. The molecule has 1 aromatic rings. The Morgan fingerprint density at radius 2 is 2.24 bits per heavy atom. The maximum Gasteiger partial charge on any atom is 0.191 e. The molecule has 2 N–H and O–H groups in total. The van der Waals surface area contributed by atoms with Crippen LogP contribution < -0.4 is 10.6 Å². The Morgan fingerprint density at radius 1 is 1.41 bits per heavy atom. The van der Waals surface area contributed by atoms with Crippen LogP contribution in [0.4, 0.5) is 0 Å². The van der Waals surface area contributed by atoms with Gasteiger partial charge in [0.1, 0.15) is 12.0 Å². The average molecular weight is 352 g/mol. The molecule has 0 radical (unpaired) electrons. The topological polar surface area (TPSA) is 62.5 Å². The van der Waals surface area contributed by atoms with Crippen molar-refractivity contribution in [1.82, 2.24) is 15.8 Å². The molecule has 17 heavy (non-hydrogen) atoms. The summed E-state index contributed by atoms with van der Waals surface area (Å²) in [5.41, 5.74) is 0.840. The van der Waals surface area contributed by atoms with Gasteiger partial charge in [-0.2, -0.15) is 0 Å². The monoisotopic (exact) mass is 352 g/mol. The van der Waals surface area contributed by atoms with Gasteiger partial charge in [-0.25, -0.2) is 4.99 Å². The Balaban J connectivity index is 0.00000256. The molecule has 0 aliphatic heterocycles. The second-order valence-electron chi connectivity index (χ2n) is 3.47. The summed E-state index contributed by atoms with van der Waals surface area (Å²) in [6, 6.07) is 1.82. The first-order chi connectivity index (χ1) is 7.86. The molecule has 1 heterocycles. The minimum absolute atomic E-state index is 0. The zero-order valence-electron chi connectivity index (χ0n) is 10.4. The van der Waals surface area contributed by atoms with Gasteiger partial charge in [-0.05, 0) is 13.3 Å². The number of hydrogen-bond acceptors (Lipinski definition) is 3. The molecule has 0 atom stereocenters. The van der Waals surface area contributed by atoms with Crippen LogP contribution in [-0.2, 0) is 6.54 Å². The summed E-state index contributed by atoms with van der Waals surface area (Å²) < 4.78 is 4.75. The first-order valence-electron chi connectivity index (χ1n) is 5.78. The molecule has 1 rings (SSSR count). The summed E-state index contributed by atoms with van der Waals surface area (Å²) in [5, 5.41) is 10.3. The van der Waals surface area contributed by atoms with Crippen LogP contribution in [0.3, 0.4) is 0 Å². The number of aromatic nitrogens is 1. The maximum atomic E-state index is 4.75. The number of nitrogens with zero attached hydrogens (tertiary/aromatic N) is 2. The van der Waals surface area contributed by atoms with Crippen LogP contribution in [-0.4, -0.2) is 24.2 Å². The van der Waals surface area contributed by atoms with Gasteiger partial charge in [0.2, 0.25) is 0 Å². The molecule has 0 spiro atoms. The molecular formula is C11H21IN4O. The molecule has 5 nitrogen and oxygen atoms in total. The molecule has 1 aromatic heterocycles. The molecule has 0 bridgehead atoms. The molecule has 98 valence electrons. The molecule has 0 fully saturated rings. The largest absolute Gasteiger partial charge is 0.364 e. The van der Waals surface area contributed by atoms with Gasteiger partial charge in [0.15, 0.2) is 5.96 Å². The fraction of sp³-hybridized carbons (Fsp3) is 0.636. The zero-order chi connectivity index (χ0) is 11.6. The minimum Gasteiger partial charge on any atom is -0.364 e. The third-order valence-corrected chi connectivity index (χ3v) is 2.06. The van der Waals surface area contributed by atoms with E-state index in [1.807, 2.05) is 13.0 Å². The van der Waals surface area contributed by atoms with E-state index in [2.05, 4.69) is 27.7 Å². The van der Waals surface area contributed by atoms with Gasteiger partial charge in [-0.1, -0.05) is 18.5 Å². The highest BCUT2D eigenvalue weighted by atomic mass is 127. The van der Waals surface area contributed by atoms with E-state index >= 15 is 0 Å². The van der Waals surface area contributed by atoms with Crippen molar-refractivity contribution < 1.29 is 4.52 Å². The second kappa shape index (κ2) is 10.4. The summed E-state index contributed by atoms with van der Waals surface area (Å²) in [6.07, 6.45) is 3.88. The number of aliphatic imine (C=N–C) groups is 1. The summed E-state index contributed by atoms with van der Waals surface area (Å²) >= 11 is 0. The lowest BCUT2D eigenvalue weighted by atomic mass is 10.3. The van der Waals surface area contributed by atoms with Crippen molar-refractivity contribution in [2.45, 2.75) is 33.2 Å². The summed E-state index contributed by atoms with van der Waals surface area (Å²) in [5.74, 6) is 0.832. The normalized spacial score (nSPS) is 10.8. The van der Waals surface area contributed by atoms with E-state index in [0.717, 1.165) is 31.2 Å². The van der Waals surface area contributed by atoms with Crippen molar-refractivity contribution in [2.75, 3.05) is 13.1 Å². The molecule has 0 aromatic carbocycles. The molecule has 6 heteroatoms. The van der Waals surface area contributed by atoms with E-state index in [9.17, 15) is 0 Å². The van der Waals surface area contributed by atoms with Crippen molar-refractivity contribution in [3.63, 3.8) is 0 Å². The molecule has 0 aliphatic rings. The molecule has 0 aliphatic carbocycles. The number of halogens is 1. The first kappa shape index (κ1) is 16.2. The van der Waals surface area contributed by atoms with Crippen LogP contribution in [0.15, 0.2) is 21.8 Å². The van der Waals surface area contributed by atoms with Crippen molar-refractivity contribution >= 4 is 29.9 Å². The molecular weight excluding hydrogens is 331 g/mol. The SMILES string of the molecule is CCCCNC(=NCc1ccon1)NCC.I. The predicted octanol–water partition coefficient (Wildman–Crippen LogP) is 2.15. The highest BCUT2D eigenvalue weighted by Crippen LogP contribution is 1.96. The molecule has 0 saturated heterocycles. The molecule has 0 saturated carbocycles. The van der Waals surface area contributed by atoms with Crippen molar-refractivity contribution in [3.8, 4) is 0 Å².